The number of fused-ring (bicyclic) bond motifs is 2. The summed E-state index contributed by atoms with van der Waals surface area (Å²) in [6.45, 7) is 1.37. The number of nitrogens with two attached hydrogens (primary N) is 1. The molecular formula is C18H22N6O2. The number of aryl methyl sites for hydroxylation is 3. The number of nitrogens with one attached hydrogen (secondary N) is 1. The molecule has 3 N–H and O–H groups in total. The van der Waals surface area contributed by atoms with E-state index in [2.05, 4.69) is 21.5 Å². The minimum Gasteiger partial charge on any atom is -0.364 e. The van der Waals surface area contributed by atoms with Crippen molar-refractivity contribution in [2.45, 2.75) is 38.8 Å². The van der Waals surface area contributed by atoms with Crippen molar-refractivity contribution in [3.63, 3.8) is 0 Å². The number of rotatable bonds is 3. The van der Waals surface area contributed by atoms with Crippen LogP contribution >= 0.6 is 0 Å². The highest BCUT2D eigenvalue weighted by atomic mass is 16.2. The van der Waals surface area contributed by atoms with Crippen LogP contribution in [-0.2, 0) is 39.4 Å². The van der Waals surface area contributed by atoms with Crippen LogP contribution in [0, 0.1) is 0 Å². The molecule has 136 valence electrons. The molecule has 0 spiro atoms. The average Bonchev–Trinajstić information content (AvgIpc) is 3.23. The fourth-order valence-electron chi connectivity index (χ4n) is 3.83. The molecule has 0 radical (unpaired) electrons. The molecule has 3 amide bonds. The maximum absolute atomic E-state index is 12.6. The fraction of sp³-hybridized carbons (Fsp3) is 0.444. The number of hydrogen-bond donors (Lipinski definition) is 2. The molecule has 1 aliphatic heterocycles. The number of carbonyl (C=O) groups is 2. The molecule has 0 unspecified atom stereocenters. The topological polar surface area (TPSA) is 106 Å². The molecule has 26 heavy (non-hydrogen) atoms. The van der Waals surface area contributed by atoms with Crippen LogP contribution < -0.4 is 11.1 Å². The Balaban J connectivity index is 1.42. The third kappa shape index (κ3) is 2.91. The van der Waals surface area contributed by atoms with Gasteiger partial charge in [-0.15, -0.1) is 0 Å². The van der Waals surface area contributed by atoms with Crippen LogP contribution in [0.4, 0.5) is 4.79 Å². The van der Waals surface area contributed by atoms with Gasteiger partial charge in [0.2, 0.25) is 0 Å². The van der Waals surface area contributed by atoms with E-state index < -0.39 is 5.91 Å². The second-order valence-corrected chi connectivity index (χ2v) is 6.89. The second kappa shape index (κ2) is 6.44. The lowest BCUT2D eigenvalue weighted by atomic mass is 10.1. The number of carbonyl (C=O) groups excluding carboxylic acids is 2. The van der Waals surface area contributed by atoms with Crippen molar-refractivity contribution in [1.82, 2.24) is 25.0 Å². The highest BCUT2D eigenvalue weighted by Gasteiger charge is 2.28. The zero-order valence-electron chi connectivity index (χ0n) is 14.8. The molecule has 0 bridgehead atoms. The largest absolute Gasteiger partial charge is 0.364 e. The Morgan fingerprint density at radius 1 is 1.31 bits per heavy atom. The molecular weight excluding hydrogens is 332 g/mol. The van der Waals surface area contributed by atoms with E-state index in [0.29, 0.717) is 26.1 Å². The maximum atomic E-state index is 12.6. The number of primary amides is 1. The summed E-state index contributed by atoms with van der Waals surface area (Å²) in [5.41, 5.74) is 10.9. The molecule has 0 atom stereocenters. The molecule has 0 fully saturated rings. The molecule has 2 aromatic rings. The summed E-state index contributed by atoms with van der Waals surface area (Å²) in [7, 11) is 1.79. The molecule has 4 rings (SSSR count). The quantitative estimate of drug-likeness (QED) is 0.845. The molecule has 0 aromatic carbocycles. The van der Waals surface area contributed by atoms with E-state index in [-0.39, 0.29) is 11.7 Å². The van der Waals surface area contributed by atoms with Crippen LogP contribution in [0.25, 0.3) is 0 Å². The van der Waals surface area contributed by atoms with Gasteiger partial charge in [0.05, 0.1) is 6.54 Å². The van der Waals surface area contributed by atoms with Gasteiger partial charge in [0.25, 0.3) is 5.91 Å². The van der Waals surface area contributed by atoms with Gasteiger partial charge in [0.1, 0.15) is 0 Å². The van der Waals surface area contributed by atoms with Gasteiger partial charge in [0, 0.05) is 49.7 Å². The van der Waals surface area contributed by atoms with E-state index in [0.717, 1.165) is 36.1 Å². The zero-order valence-corrected chi connectivity index (χ0v) is 14.8. The minimum atomic E-state index is -0.562. The first-order valence-electron chi connectivity index (χ1n) is 8.87. The monoisotopic (exact) mass is 354 g/mol. The van der Waals surface area contributed by atoms with Gasteiger partial charge < -0.3 is 16.0 Å². The molecule has 0 saturated carbocycles. The molecule has 1 aliphatic carbocycles. The lowest BCUT2D eigenvalue weighted by molar-refractivity contribution is 0.0992. The molecule has 0 saturated heterocycles. The summed E-state index contributed by atoms with van der Waals surface area (Å²) in [5, 5.41) is 7.14. The number of aromatic nitrogens is 3. The predicted octanol–water partition coefficient (Wildman–Crippen LogP) is 0.671. The van der Waals surface area contributed by atoms with Crippen molar-refractivity contribution in [2.75, 3.05) is 6.54 Å². The SMILES string of the molecule is Cn1nc(C(N)=O)c2c1CCN(C(=O)NCc1cnc3c(c1)CCC3)C2. The molecule has 8 nitrogen and oxygen atoms in total. The number of urea groups is 1. The number of amides is 3. The van der Waals surface area contributed by atoms with Gasteiger partial charge in [0.15, 0.2) is 5.69 Å². The Labute approximate surface area is 151 Å². The fourth-order valence-corrected chi connectivity index (χ4v) is 3.83. The van der Waals surface area contributed by atoms with Gasteiger partial charge in [-0.1, -0.05) is 6.07 Å². The van der Waals surface area contributed by atoms with Crippen molar-refractivity contribution >= 4 is 11.9 Å². The van der Waals surface area contributed by atoms with E-state index in [4.69, 9.17) is 5.73 Å². The van der Waals surface area contributed by atoms with Gasteiger partial charge in [-0.05, 0) is 30.4 Å². The molecule has 2 aliphatic rings. The van der Waals surface area contributed by atoms with Crippen molar-refractivity contribution in [3.8, 4) is 0 Å². The first-order valence-corrected chi connectivity index (χ1v) is 8.87. The second-order valence-electron chi connectivity index (χ2n) is 6.89. The van der Waals surface area contributed by atoms with Crippen molar-refractivity contribution < 1.29 is 9.59 Å². The van der Waals surface area contributed by atoms with E-state index in [1.807, 2.05) is 6.20 Å². The average molecular weight is 354 g/mol. The van der Waals surface area contributed by atoms with Gasteiger partial charge in [-0.2, -0.15) is 5.10 Å². The highest BCUT2D eigenvalue weighted by molar-refractivity contribution is 5.92. The van der Waals surface area contributed by atoms with Crippen molar-refractivity contribution in [3.05, 3.63) is 46.0 Å². The summed E-state index contributed by atoms with van der Waals surface area (Å²) in [6.07, 6.45) is 5.76. The molecule has 3 heterocycles. The van der Waals surface area contributed by atoms with Crippen LogP contribution in [0.15, 0.2) is 12.3 Å². The number of nitrogens with zero attached hydrogens (tertiary/aromatic N) is 4. The normalized spacial score (nSPS) is 15.5. The smallest absolute Gasteiger partial charge is 0.317 e. The van der Waals surface area contributed by atoms with Gasteiger partial charge in [-0.25, -0.2) is 4.79 Å². The summed E-state index contributed by atoms with van der Waals surface area (Å²) in [5.74, 6) is -0.562. The summed E-state index contributed by atoms with van der Waals surface area (Å²) < 4.78 is 1.68. The number of pyridine rings is 1. The van der Waals surface area contributed by atoms with Crippen molar-refractivity contribution in [1.29, 1.82) is 0 Å². The Hall–Kier alpha value is -2.90. The predicted molar refractivity (Wildman–Crippen MR) is 94.3 cm³/mol. The third-order valence-corrected chi connectivity index (χ3v) is 5.18. The minimum absolute atomic E-state index is 0.157. The Morgan fingerprint density at radius 3 is 2.96 bits per heavy atom. The third-order valence-electron chi connectivity index (χ3n) is 5.18. The Bertz CT molecular complexity index is 888. The standard InChI is InChI=1S/C18H22N6O2/c1-23-15-5-6-24(10-13(15)16(22-23)17(19)25)18(26)21-9-11-7-12-3-2-4-14(12)20-8-11/h7-8H,2-6,9-10H2,1H3,(H2,19,25)(H,21,26). The first-order chi connectivity index (χ1) is 12.5. The van der Waals surface area contributed by atoms with Crippen LogP contribution in [0.3, 0.4) is 0 Å². The van der Waals surface area contributed by atoms with Crippen LogP contribution in [0.2, 0.25) is 0 Å². The van der Waals surface area contributed by atoms with Crippen molar-refractivity contribution in [2.24, 2.45) is 12.8 Å². The lowest BCUT2D eigenvalue weighted by Crippen LogP contribution is -2.43. The van der Waals surface area contributed by atoms with Gasteiger partial charge >= 0.3 is 6.03 Å². The number of hydrogen-bond acceptors (Lipinski definition) is 4. The Morgan fingerprint density at radius 2 is 2.15 bits per heavy atom. The Kier molecular flexibility index (Phi) is 4.10. The maximum Gasteiger partial charge on any atom is 0.317 e. The summed E-state index contributed by atoms with van der Waals surface area (Å²) in [6, 6.07) is 1.98. The van der Waals surface area contributed by atoms with E-state index in [1.165, 1.54) is 11.3 Å². The van der Waals surface area contributed by atoms with E-state index in [9.17, 15) is 9.59 Å². The van der Waals surface area contributed by atoms with Crippen LogP contribution in [0.1, 0.15) is 45.0 Å². The van der Waals surface area contributed by atoms with Gasteiger partial charge in [-0.3, -0.25) is 14.5 Å². The zero-order chi connectivity index (χ0) is 18.3. The summed E-state index contributed by atoms with van der Waals surface area (Å²) in [4.78, 5) is 30.3. The first kappa shape index (κ1) is 16.6. The van der Waals surface area contributed by atoms with E-state index in [1.54, 1.807) is 16.6 Å². The van der Waals surface area contributed by atoms with Crippen LogP contribution in [0.5, 0.6) is 0 Å². The summed E-state index contributed by atoms with van der Waals surface area (Å²) >= 11 is 0. The van der Waals surface area contributed by atoms with E-state index >= 15 is 0 Å². The molecule has 2 aromatic heterocycles. The van der Waals surface area contributed by atoms with Crippen LogP contribution in [-0.4, -0.2) is 38.1 Å². The lowest BCUT2D eigenvalue weighted by Gasteiger charge is -2.27. The highest BCUT2D eigenvalue weighted by Crippen LogP contribution is 2.22. The molecule has 8 heteroatoms.